The van der Waals surface area contributed by atoms with Crippen LogP contribution in [0.1, 0.15) is 5.56 Å². The monoisotopic (exact) mass is 465 g/mol. The lowest BCUT2D eigenvalue weighted by molar-refractivity contribution is -0.121. The molecule has 0 amide bonds. The predicted octanol–water partition coefficient (Wildman–Crippen LogP) is 5.06. The standard InChI is InChI=1S/C22H18F3NO3S2/c23-22(24,25)15-26-31(28,29)19-11-12-20(16-7-3-1-4-8-16)17(13-19)14-21(27)30-18-9-5-2-6-10-18/h1-13,26H,14-15H2. The molecule has 0 spiro atoms. The molecule has 0 aromatic heterocycles. The molecule has 0 saturated heterocycles. The van der Waals surface area contributed by atoms with E-state index in [-0.39, 0.29) is 16.4 Å². The molecule has 0 fully saturated rings. The Morgan fingerprint density at radius 2 is 1.52 bits per heavy atom. The zero-order valence-corrected chi connectivity index (χ0v) is 17.7. The highest BCUT2D eigenvalue weighted by molar-refractivity contribution is 8.13. The van der Waals surface area contributed by atoms with Crippen molar-refractivity contribution in [3.63, 3.8) is 0 Å². The second-order valence-corrected chi connectivity index (χ2v) is 9.49. The fourth-order valence-electron chi connectivity index (χ4n) is 2.85. The maximum Gasteiger partial charge on any atom is 0.402 e. The van der Waals surface area contributed by atoms with Gasteiger partial charge >= 0.3 is 6.18 Å². The number of carbonyl (C=O) groups excluding carboxylic acids is 1. The Bertz CT molecular complexity index is 1150. The summed E-state index contributed by atoms with van der Waals surface area (Å²) in [6, 6.07) is 22.0. The Kier molecular flexibility index (Phi) is 7.19. The summed E-state index contributed by atoms with van der Waals surface area (Å²) in [7, 11) is -4.40. The first kappa shape index (κ1) is 23.1. The van der Waals surface area contributed by atoms with Crippen LogP contribution in [-0.2, 0) is 21.2 Å². The third-order valence-corrected chi connectivity index (χ3v) is 6.52. The summed E-state index contributed by atoms with van der Waals surface area (Å²) in [5.74, 6) is 0. The minimum Gasteiger partial charge on any atom is -0.286 e. The highest BCUT2D eigenvalue weighted by Gasteiger charge is 2.30. The highest BCUT2D eigenvalue weighted by atomic mass is 32.2. The summed E-state index contributed by atoms with van der Waals surface area (Å²) in [6.07, 6.45) is -4.77. The van der Waals surface area contributed by atoms with Crippen LogP contribution in [0, 0.1) is 0 Å². The summed E-state index contributed by atoms with van der Waals surface area (Å²) < 4.78 is 63.7. The Morgan fingerprint density at radius 1 is 0.903 bits per heavy atom. The predicted molar refractivity (Wildman–Crippen MR) is 114 cm³/mol. The lowest BCUT2D eigenvalue weighted by atomic mass is 9.98. The molecule has 1 N–H and O–H groups in total. The highest BCUT2D eigenvalue weighted by Crippen LogP contribution is 2.29. The van der Waals surface area contributed by atoms with E-state index in [1.807, 2.05) is 24.3 Å². The number of hydrogen-bond acceptors (Lipinski definition) is 4. The van der Waals surface area contributed by atoms with Crippen LogP contribution in [0.2, 0.25) is 0 Å². The van der Waals surface area contributed by atoms with Crippen molar-refractivity contribution < 1.29 is 26.4 Å². The number of halogens is 3. The Balaban J connectivity index is 1.93. The van der Waals surface area contributed by atoms with Gasteiger partial charge in [0.15, 0.2) is 5.12 Å². The van der Waals surface area contributed by atoms with Crippen LogP contribution in [-0.4, -0.2) is 26.3 Å². The van der Waals surface area contributed by atoms with Gasteiger partial charge in [0.05, 0.1) is 4.90 Å². The largest absolute Gasteiger partial charge is 0.402 e. The molecule has 0 unspecified atom stereocenters. The van der Waals surface area contributed by atoms with E-state index in [0.717, 1.165) is 22.2 Å². The van der Waals surface area contributed by atoms with Gasteiger partial charge in [0, 0.05) is 11.3 Å². The van der Waals surface area contributed by atoms with E-state index in [4.69, 9.17) is 0 Å². The third-order valence-electron chi connectivity index (χ3n) is 4.24. The van der Waals surface area contributed by atoms with Gasteiger partial charge in [-0.15, -0.1) is 0 Å². The van der Waals surface area contributed by atoms with Crippen LogP contribution in [0.25, 0.3) is 11.1 Å². The molecule has 31 heavy (non-hydrogen) atoms. The van der Waals surface area contributed by atoms with Gasteiger partial charge < -0.3 is 0 Å². The number of thioether (sulfide) groups is 1. The molecule has 9 heteroatoms. The van der Waals surface area contributed by atoms with Crippen molar-refractivity contribution in [3.05, 3.63) is 84.4 Å². The van der Waals surface area contributed by atoms with Gasteiger partial charge in [-0.05, 0) is 41.0 Å². The molecule has 162 valence electrons. The normalized spacial score (nSPS) is 12.0. The molecule has 0 atom stereocenters. The number of carbonyl (C=O) groups is 1. The maximum atomic E-state index is 12.6. The summed E-state index contributed by atoms with van der Waals surface area (Å²) in [5.41, 5.74) is 1.81. The minimum atomic E-state index is -4.68. The fraction of sp³-hybridized carbons (Fsp3) is 0.136. The van der Waals surface area contributed by atoms with E-state index < -0.39 is 22.7 Å². The smallest absolute Gasteiger partial charge is 0.286 e. The number of rotatable bonds is 7. The fourth-order valence-corrected chi connectivity index (χ4v) is 4.70. The van der Waals surface area contributed by atoms with Gasteiger partial charge in [-0.2, -0.15) is 13.2 Å². The van der Waals surface area contributed by atoms with E-state index >= 15 is 0 Å². The van der Waals surface area contributed by atoms with Crippen LogP contribution in [0.15, 0.2) is 88.7 Å². The van der Waals surface area contributed by atoms with Crippen molar-refractivity contribution in [2.75, 3.05) is 6.54 Å². The van der Waals surface area contributed by atoms with Gasteiger partial charge in [-0.3, -0.25) is 4.79 Å². The topological polar surface area (TPSA) is 63.2 Å². The summed E-state index contributed by atoms with van der Waals surface area (Å²) in [6.45, 7) is -1.67. The molecule has 3 aromatic rings. The number of hydrogen-bond donors (Lipinski definition) is 1. The van der Waals surface area contributed by atoms with Gasteiger partial charge in [0.25, 0.3) is 0 Å². The molecule has 0 aliphatic heterocycles. The molecule has 0 saturated carbocycles. The number of nitrogens with one attached hydrogen (secondary N) is 1. The average molecular weight is 466 g/mol. The molecular formula is C22H18F3NO3S2. The Morgan fingerprint density at radius 3 is 2.13 bits per heavy atom. The second-order valence-electron chi connectivity index (χ2n) is 6.59. The van der Waals surface area contributed by atoms with E-state index in [1.165, 1.54) is 18.2 Å². The molecule has 0 bridgehead atoms. The first-order valence-electron chi connectivity index (χ1n) is 9.14. The van der Waals surface area contributed by atoms with Crippen molar-refractivity contribution in [3.8, 4) is 11.1 Å². The van der Waals surface area contributed by atoms with E-state index in [1.54, 1.807) is 41.1 Å². The number of benzene rings is 3. The van der Waals surface area contributed by atoms with E-state index in [2.05, 4.69) is 0 Å². The molecule has 0 aliphatic carbocycles. The van der Waals surface area contributed by atoms with Gasteiger partial charge in [0.1, 0.15) is 6.54 Å². The van der Waals surface area contributed by atoms with Gasteiger partial charge in [-0.1, -0.05) is 66.4 Å². The number of alkyl halides is 3. The molecule has 0 radical (unpaired) electrons. The minimum absolute atomic E-state index is 0.0909. The molecule has 0 heterocycles. The van der Waals surface area contributed by atoms with Crippen molar-refractivity contribution in [2.45, 2.75) is 22.4 Å². The molecule has 3 rings (SSSR count). The summed E-state index contributed by atoms with van der Waals surface area (Å²) in [4.78, 5) is 13.0. The van der Waals surface area contributed by atoms with Crippen molar-refractivity contribution in [2.24, 2.45) is 0 Å². The summed E-state index contributed by atoms with van der Waals surface area (Å²) >= 11 is 1.02. The lowest BCUT2D eigenvalue weighted by Gasteiger charge is -2.14. The number of sulfonamides is 1. The van der Waals surface area contributed by atoms with Crippen LogP contribution in [0.5, 0.6) is 0 Å². The van der Waals surface area contributed by atoms with Crippen molar-refractivity contribution >= 4 is 26.9 Å². The SMILES string of the molecule is O=C(Cc1cc(S(=O)(=O)NCC(F)(F)F)ccc1-c1ccccc1)Sc1ccccc1. The van der Waals surface area contributed by atoms with Crippen LogP contribution in [0.3, 0.4) is 0 Å². The third kappa shape index (κ3) is 6.68. The van der Waals surface area contributed by atoms with Crippen molar-refractivity contribution in [1.29, 1.82) is 0 Å². The zero-order valence-electron chi connectivity index (χ0n) is 16.1. The zero-order chi connectivity index (χ0) is 22.5. The van der Waals surface area contributed by atoms with Crippen LogP contribution < -0.4 is 4.72 Å². The lowest BCUT2D eigenvalue weighted by Crippen LogP contribution is -2.33. The van der Waals surface area contributed by atoms with E-state index in [0.29, 0.717) is 11.1 Å². The average Bonchev–Trinajstić information content (AvgIpc) is 2.73. The summed E-state index contributed by atoms with van der Waals surface area (Å²) in [5, 5.41) is -0.221. The first-order valence-corrected chi connectivity index (χ1v) is 11.4. The maximum absolute atomic E-state index is 12.6. The van der Waals surface area contributed by atoms with Crippen molar-refractivity contribution in [1.82, 2.24) is 4.72 Å². The molecule has 0 aliphatic rings. The van der Waals surface area contributed by atoms with E-state index in [9.17, 15) is 26.4 Å². The van der Waals surface area contributed by atoms with Gasteiger partial charge in [0.2, 0.25) is 10.0 Å². The molecular weight excluding hydrogens is 447 g/mol. The molecule has 4 nitrogen and oxygen atoms in total. The second kappa shape index (κ2) is 9.67. The Labute approximate surface area is 182 Å². The van der Waals surface area contributed by atoms with Gasteiger partial charge in [-0.25, -0.2) is 13.1 Å². The first-order chi connectivity index (χ1) is 14.6. The molecule has 3 aromatic carbocycles. The quantitative estimate of drug-likeness (QED) is 0.496. The Hall–Kier alpha value is -2.62. The van der Waals surface area contributed by atoms with Crippen LogP contribution in [0.4, 0.5) is 13.2 Å². The van der Waals surface area contributed by atoms with Crippen LogP contribution >= 0.6 is 11.8 Å².